The molecule has 0 radical (unpaired) electrons. The number of hydrogen-bond donors (Lipinski definition) is 1. The summed E-state index contributed by atoms with van der Waals surface area (Å²) in [6.45, 7) is 0. The molecule has 42 heavy (non-hydrogen) atoms. The van der Waals surface area contributed by atoms with Crippen LogP contribution in [-0.2, 0) is 0 Å². The number of para-hydroxylation sites is 1. The Morgan fingerprint density at radius 3 is 1.81 bits per heavy atom. The molecule has 2 nitrogen and oxygen atoms in total. The van der Waals surface area contributed by atoms with Crippen molar-refractivity contribution in [1.82, 2.24) is 0 Å². The summed E-state index contributed by atoms with van der Waals surface area (Å²) in [4.78, 5) is 0. The minimum absolute atomic E-state index is 0.913. The van der Waals surface area contributed by atoms with Crippen molar-refractivity contribution in [3.8, 4) is 33.4 Å². The van der Waals surface area contributed by atoms with Crippen molar-refractivity contribution in [2.75, 3.05) is 5.32 Å². The lowest BCUT2D eigenvalue weighted by Gasteiger charge is -2.14. The Kier molecular flexibility index (Phi) is 5.82. The number of hydrogen-bond acceptors (Lipinski definition) is 2. The molecule has 0 unspecified atom stereocenters. The van der Waals surface area contributed by atoms with E-state index >= 15 is 0 Å². The van der Waals surface area contributed by atoms with E-state index in [1.54, 1.807) is 0 Å². The Morgan fingerprint density at radius 2 is 1.00 bits per heavy atom. The van der Waals surface area contributed by atoms with Crippen LogP contribution in [0.25, 0.3) is 66.1 Å². The van der Waals surface area contributed by atoms with Gasteiger partial charge in [-0.3, -0.25) is 0 Å². The molecule has 0 bridgehead atoms. The third-order valence-electron chi connectivity index (χ3n) is 8.05. The quantitative estimate of drug-likeness (QED) is 0.236. The fraction of sp³-hybridized carbons (Fsp3) is 0. The van der Waals surface area contributed by atoms with Gasteiger partial charge in [-0.2, -0.15) is 0 Å². The van der Waals surface area contributed by atoms with Crippen LogP contribution in [0.4, 0.5) is 11.4 Å². The van der Waals surface area contributed by atoms with E-state index in [9.17, 15) is 0 Å². The molecule has 2 heteroatoms. The summed E-state index contributed by atoms with van der Waals surface area (Å²) in [5, 5.41) is 8.42. The van der Waals surface area contributed by atoms with Crippen molar-refractivity contribution in [3.05, 3.63) is 158 Å². The largest absolute Gasteiger partial charge is 0.456 e. The van der Waals surface area contributed by atoms with Gasteiger partial charge in [0, 0.05) is 22.1 Å². The average Bonchev–Trinajstić information content (AvgIpc) is 3.43. The molecule has 0 spiro atoms. The summed E-state index contributed by atoms with van der Waals surface area (Å²) in [7, 11) is 0. The zero-order valence-corrected chi connectivity index (χ0v) is 22.9. The molecule has 0 atom stereocenters. The lowest BCUT2D eigenvalue weighted by atomic mass is 9.91. The van der Waals surface area contributed by atoms with Crippen LogP contribution >= 0.6 is 0 Å². The number of rotatable bonds is 5. The first-order valence-electron chi connectivity index (χ1n) is 14.3. The first-order chi connectivity index (χ1) is 20.8. The van der Waals surface area contributed by atoms with Crippen molar-refractivity contribution in [1.29, 1.82) is 0 Å². The molecule has 198 valence electrons. The van der Waals surface area contributed by atoms with Gasteiger partial charge in [0.2, 0.25) is 0 Å². The predicted molar refractivity (Wildman–Crippen MR) is 177 cm³/mol. The van der Waals surface area contributed by atoms with E-state index in [1.165, 1.54) is 38.6 Å². The Hall–Kier alpha value is -5.60. The van der Waals surface area contributed by atoms with E-state index in [-0.39, 0.29) is 0 Å². The van der Waals surface area contributed by atoms with Gasteiger partial charge in [-0.15, -0.1) is 0 Å². The molecule has 0 saturated carbocycles. The van der Waals surface area contributed by atoms with Gasteiger partial charge < -0.3 is 9.73 Å². The standard InChI is InChI=1S/C40H27NO/c1-2-9-27(10-3-1)34-16-7-11-29-12-8-17-35(40(29)34)28-19-22-32(23-20-28)41-33-14-6-13-30(25-33)31-21-24-39-37(26-31)36-15-4-5-18-38(36)42-39/h1-26,41H. The number of fused-ring (bicyclic) bond motifs is 4. The third-order valence-corrected chi connectivity index (χ3v) is 8.05. The molecule has 1 aromatic heterocycles. The second-order valence-corrected chi connectivity index (χ2v) is 10.7. The highest BCUT2D eigenvalue weighted by molar-refractivity contribution is 6.07. The van der Waals surface area contributed by atoms with Crippen LogP contribution in [-0.4, -0.2) is 0 Å². The Balaban J connectivity index is 1.10. The van der Waals surface area contributed by atoms with Crippen molar-refractivity contribution < 1.29 is 4.42 Å². The lowest BCUT2D eigenvalue weighted by Crippen LogP contribution is -1.91. The Morgan fingerprint density at radius 1 is 0.381 bits per heavy atom. The van der Waals surface area contributed by atoms with E-state index in [1.807, 2.05) is 12.1 Å². The second-order valence-electron chi connectivity index (χ2n) is 10.7. The molecule has 8 rings (SSSR count). The van der Waals surface area contributed by atoms with Crippen molar-refractivity contribution >= 4 is 44.1 Å². The molecule has 1 N–H and O–H groups in total. The van der Waals surface area contributed by atoms with E-state index in [2.05, 4.69) is 151 Å². The number of benzene rings is 7. The summed E-state index contributed by atoms with van der Waals surface area (Å²) < 4.78 is 6.03. The molecule has 0 aliphatic heterocycles. The fourth-order valence-electron chi connectivity index (χ4n) is 6.02. The Labute approximate surface area is 244 Å². The number of furan rings is 1. The topological polar surface area (TPSA) is 25.2 Å². The van der Waals surface area contributed by atoms with Gasteiger partial charge >= 0.3 is 0 Å². The molecule has 0 amide bonds. The summed E-state index contributed by atoms with van der Waals surface area (Å²) in [6.07, 6.45) is 0. The van der Waals surface area contributed by atoms with Gasteiger partial charge in [0.25, 0.3) is 0 Å². The van der Waals surface area contributed by atoms with Gasteiger partial charge in [0.05, 0.1) is 0 Å². The van der Waals surface area contributed by atoms with Crippen LogP contribution in [0.2, 0.25) is 0 Å². The number of nitrogens with one attached hydrogen (secondary N) is 1. The minimum Gasteiger partial charge on any atom is -0.456 e. The molecule has 0 saturated heterocycles. The molecule has 1 heterocycles. The first-order valence-corrected chi connectivity index (χ1v) is 14.3. The highest BCUT2D eigenvalue weighted by atomic mass is 16.3. The average molecular weight is 538 g/mol. The molecule has 0 aliphatic rings. The SMILES string of the molecule is c1ccc(-c2cccc3cccc(-c4ccc(Nc5cccc(-c6ccc7oc8ccccc8c7c6)c5)cc4)c23)cc1. The van der Waals surface area contributed by atoms with Crippen LogP contribution in [0.3, 0.4) is 0 Å². The molecule has 0 fully saturated rings. The molecule has 0 aliphatic carbocycles. The summed E-state index contributed by atoms with van der Waals surface area (Å²) in [5.41, 5.74) is 11.2. The first kappa shape index (κ1) is 24.2. The smallest absolute Gasteiger partial charge is 0.135 e. The maximum Gasteiger partial charge on any atom is 0.135 e. The van der Waals surface area contributed by atoms with Crippen LogP contribution in [0, 0.1) is 0 Å². The highest BCUT2D eigenvalue weighted by Gasteiger charge is 2.11. The predicted octanol–water partition coefficient (Wildman–Crippen LogP) is 11.5. The summed E-state index contributed by atoms with van der Waals surface area (Å²) in [5.74, 6) is 0. The molecule has 7 aromatic carbocycles. The fourth-order valence-corrected chi connectivity index (χ4v) is 6.02. The van der Waals surface area contributed by atoms with Crippen LogP contribution in [0.5, 0.6) is 0 Å². The van der Waals surface area contributed by atoms with Crippen molar-refractivity contribution in [2.45, 2.75) is 0 Å². The maximum absolute atomic E-state index is 6.03. The van der Waals surface area contributed by atoms with Crippen LogP contribution < -0.4 is 5.32 Å². The van der Waals surface area contributed by atoms with Gasteiger partial charge in [-0.25, -0.2) is 0 Å². The third kappa shape index (κ3) is 4.31. The van der Waals surface area contributed by atoms with E-state index in [4.69, 9.17) is 4.42 Å². The number of anilines is 2. The van der Waals surface area contributed by atoms with Crippen molar-refractivity contribution in [3.63, 3.8) is 0 Å². The van der Waals surface area contributed by atoms with Crippen LogP contribution in [0.1, 0.15) is 0 Å². The summed E-state index contributed by atoms with van der Waals surface area (Å²) in [6, 6.07) is 55.7. The normalized spacial score (nSPS) is 11.3. The van der Waals surface area contributed by atoms with Gasteiger partial charge in [-0.05, 0) is 86.6 Å². The van der Waals surface area contributed by atoms with Crippen molar-refractivity contribution in [2.24, 2.45) is 0 Å². The van der Waals surface area contributed by atoms with E-state index < -0.39 is 0 Å². The maximum atomic E-state index is 6.03. The van der Waals surface area contributed by atoms with E-state index in [0.717, 1.165) is 38.9 Å². The minimum atomic E-state index is 0.913. The second kappa shape index (κ2) is 10.1. The zero-order valence-electron chi connectivity index (χ0n) is 22.9. The van der Waals surface area contributed by atoms with E-state index in [0.29, 0.717) is 0 Å². The van der Waals surface area contributed by atoms with Gasteiger partial charge in [0.1, 0.15) is 11.2 Å². The zero-order chi connectivity index (χ0) is 27.9. The molecular formula is C40H27NO. The molecule has 8 aromatic rings. The highest BCUT2D eigenvalue weighted by Crippen LogP contribution is 2.37. The summed E-state index contributed by atoms with van der Waals surface area (Å²) >= 11 is 0. The monoisotopic (exact) mass is 537 g/mol. The molecular weight excluding hydrogens is 510 g/mol. The Bertz CT molecular complexity index is 2200. The van der Waals surface area contributed by atoms with Crippen LogP contribution in [0.15, 0.2) is 162 Å². The lowest BCUT2D eigenvalue weighted by molar-refractivity contribution is 0.669. The van der Waals surface area contributed by atoms with Gasteiger partial charge in [0.15, 0.2) is 0 Å². The van der Waals surface area contributed by atoms with Gasteiger partial charge in [-0.1, -0.05) is 115 Å².